The van der Waals surface area contributed by atoms with Crippen molar-refractivity contribution < 1.29 is 9.90 Å². The van der Waals surface area contributed by atoms with E-state index in [0.29, 0.717) is 5.92 Å². The molecule has 1 aromatic rings. The Hall–Kier alpha value is -1.29. The Morgan fingerprint density at radius 1 is 1.53 bits per heavy atom. The Bertz CT molecular complexity index is 412. The number of rotatable bonds is 3. The highest BCUT2D eigenvalue weighted by Crippen LogP contribution is 2.21. The molecule has 1 N–H and O–H groups in total. The van der Waals surface area contributed by atoms with Crippen molar-refractivity contribution in [3.8, 4) is 0 Å². The van der Waals surface area contributed by atoms with Crippen molar-refractivity contribution in [2.45, 2.75) is 19.8 Å². The molecule has 2 rings (SSSR count). The van der Waals surface area contributed by atoms with Gasteiger partial charge in [0.05, 0.1) is 0 Å². The molecule has 1 amide bonds. The van der Waals surface area contributed by atoms with Gasteiger partial charge in [-0.3, -0.25) is 4.79 Å². The molecule has 0 aliphatic carbocycles. The highest BCUT2D eigenvalue weighted by atomic mass is 16.3. The molecule has 1 unspecified atom stereocenters. The van der Waals surface area contributed by atoms with Crippen molar-refractivity contribution in [1.82, 2.24) is 9.47 Å². The summed E-state index contributed by atoms with van der Waals surface area (Å²) in [6.45, 7) is 3.81. The van der Waals surface area contributed by atoms with Crippen LogP contribution in [0.25, 0.3) is 0 Å². The fourth-order valence-electron chi connectivity index (χ4n) is 2.43. The summed E-state index contributed by atoms with van der Waals surface area (Å²) in [5, 5.41) is 8.91. The van der Waals surface area contributed by atoms with Gasteiger partial charge in [0.15, 0.2) is 0 Å². The number of carbonyl (C=O) groups is 1. The molecule has 1 aromatic heterocycles. The van der Waals surface area contributed by atoms with Crippen molar-refractivity contribution in [1.29, 1.82) is 0 Å². The third-order valence-electron chi connectivity index (χ3n) is 3.70. The van der Waals surface area contributed by atoms with Gasteiger partial charge in [0.1, 0.15) is 5.69 Å². The fraction of sp³-hybridized carbons (Fsp3) is 0.615. The molecule has 1 saturated heterocycles. The van der Waals surface area contributed by atoms with Crippen LogP contribution in [0.15, 0.2) is 12.1 Å². The lowest BCUT2D eigenvalue weighted by Gasteiger charge is -2.17. The first kappa shape index (κ1) is 12.2. The second kappa shape index (κ2) is 4.92. The van der Waals surface area contributed by atoms with Crippen molar-refractivity contribution in [2.24, 2.45) is 13.0 Å². The van der Waals surface area contributed by atoms with E-state index in [1.807, 2.05) is 35.6 Å². The highest BCUT2D eigenvalue weighted by Gasteiger charge is 2.27. The molecule has 0 bridgehead atoms. The van der Waals surface area contributed by atoms with Gasteiger partial charge < -0.3 is 14.6 Å². The molecule has 0 radical (unpaired) electrons. The number of carbonyl (C=O) groups excluding carboxylic acids is 1. The number of aryl methyl sites for hydroxylation is 1. The van der Waals surface area contributed by atoms with E-state index in [1.54, 1.807) is 0 Å². The molecule has 2 heterocycles. The van der Waals surface area contributed by atoms with E-state index >= 15 is 0 Å². The van der Waals surface area contributed by atoms with Crippen molar-refractivity contribution >= 4 is 5.91 Å². The topological polar surface area (TPSA) is 45.5 Å². The average Bonchev–Trinajstić information content (AvgIpc) is 2.88. The largest absolute Gasteiger partial charge is 0.396 e. The van der Waals surface area contributed by atoms with Crippen LogP contribution in [0.5, 0.6) is 0 Å². The van der Waals surface area contributed by atoms with Gasteiger partial charge in [-0.2, -0.15) is 0 Å². The Balaban J connectivity index is 2.04. The summed E-state index contributed by atoms with van der Waals surface area (Å²) in [5.74, 6) is 0.575. The van der Waals surface area contributed by atoms with Gasteiger partial charge in [0.2, 0.25) is 0 Å². The second-order valence-corrected chi connectivity index (χ2v) is 4.84. The molecular weight excluding hydrogens is 216 g/mol. The number of amides is 1. The minimum absolute atomic E-state index is 0.112. The summed E-state index contributed by atoms with van der Waals surface area (Å²) in [5.41, 5.74) is 1.85. The summed E-state index contributed by atoms with van der Waals surface area (Å²) >= 11 is 0. The van der Waals surface area contributed by atoms with Crippen LogP contribution in [0.1, 0.15) is 29.0 Å². The Kier molecular flexibility index (Phi) is 3.52. The Morgan fingerprint density at radius 2 is 2.29 bits per heavy atom. The van der Waals surface area contributed by atoms with Gasteiger partial charge in [-0.05, 0) is 37.8 Å². The van der Waals surface area contributed by atoms with Crippen LogP contribution >= 0.6 is 0 Å². The quantitative estimate of drug-likeness (QED) is 0.856. The number of aliphatic hydroxyl groups is 1. The fourth-order valence-corrected chi connectivity index (χ4v) is 2.43. The second-order valence-electron chi connectivity index (χ2n) is 4.84. The summed E-state index contributed by atoms with van der Waals surface area (Å²) in [6.07, 6.45) is 1.81. The maximum absolute atomic E-state index is 12.3. The van der Waals surface area contributed by atoms with E-state index in [2.05, 4.69) is 0 Å². The monoisotopic (exact) mass is 236 g/mol. The minimum atomic E-state index is 0.112. The molecule has 1 atom stereocenters. The van der Waals surface area contributed by atoms with Gasteiger partial charge in [-0.15, -0.1) is 0 Å². The number of aliphatic hydroxyl groups excluding tert-OH is 1. The molecule has 0 spiro atoms. The van der Waals surface area contributed by atoms with E-state index in [1.165, 1.54) is 0 Å². The lowest BCUT2D eigenvalue weighted by atomic mass is 10.1. The van der Waals surface area contributed by atoms with Crippen molar-refractivity contribution in [3.63, 3.8) is 0 Å². The van der Waals surface area contributed by atoms with E-state index in [0.717, 1.165) is 37.3 Å². The van der Waals surface area contributed by atoms with E-state index in [4.69, 9.17) is 5.11 Å². The molecule has 4 nitrogen and oxygen atoms in total. The van der Waals surface area contributed by atoms with Gasteiger partial charge in [-0.1, -0.05) is 0 Å². The van der Waals surface area contributed by atoms with Gasteiger partial charge in [0.25, 0.3) is 5.91 Å². The summed E-state index contributed by atoms with van der Waals surface area (Å²) < 4.78 is 1.93. The van der Waals surface area contributed by atoms with E-state index in [-0.39, 0.29) is 12.5 Å². The van der Waals surface area contributed by atoms with Gasteiger partial charge in [-0.25, -0.2) is 0 Å². The van der Waals surface area contributed by atoms with Crippen LogP contribution in [0, 0.1) is 12.8 Å². The van der Waals surface area contributed by atoms with Crippen LogP contribution in [0.3, 0.4) is 0 Å². The summed E-state index contributed by atoms with van der Waals surface area (Å²) in [7, 11) is 1.92. The molecule has 1 aliphatic heterocycles. The van der Waals surface area contributed by atoms with Crippen molar-refractivity contribution in [3.05, 3.63) is 23.5 Å². The summed E-state index contributed by atoms with van der Waals surface area (Å²) in [4.78, 5) is 14.2. The zero-order valence-corrected chi connectivity index (χ0v) is 10.5. The standard InChI is InChI=1S/C13H20N2O2/c1-10-3-4-12(14(10)2)13(17)15-7-5-11(9-15)6-8-16/h3-4,11,16H,5-9H2,1-2H3. The highest BCUT2D eigenvalue weighted by molar-refractivity contribution is 5.93. The number of likely N-dealkylation sites (tertiary alicyclic amines) is 1. The molecular formula is C13H20N2O2. The lowest BCUT2D eigenvalue weighted by Crippen LogP contribution is -2.30. The molecule has 1 aliphatic rings. The van der Waals surface area contributed by atoms with E-state index < -0.39 is 0 Å². The SMILES string of the molecule is Cc1ccc(C(=O)N2CCC(CCO)C2)n1C. The van der Waals surface area contributed by atoms with Crippen LogP contribution in [0.4, 0.5) is 0 Å². The average molecular weight is 236 g/mol. The number of hydrogen-bond acceptors (Lipinski definition) is 2. The molecule has 0 saturated carbocycles. The van der Waals surface area contributed by atoms with Crippen LogP contribution in [-0.2, 0) is 7.05 Å². The van der Waals surface area contributed by atoms with E-state index in [9.17, 15) is 4.79 Å². The van der Waals surface area contributed by atoms with Crippen LogP contribution in [-0.4, -0.2) is 40.2 Å². The molecule has 94 valence electrons. The Morgan fingerprint density at radius 3 is 2.88 bits per heavy atom. The first-order valence-corrected chi connectivity index (χ1v) is 6.16. The number of hydrogen-bond donors (Lipinski definition) is 1. The van der Waals surface area contributed by atoms with Gasteiger partial charge >= 0.3 is 0 Å². The van der Waals surface area contributed by atoms with Crippen molar-refractivity contribution in [2.75, 3.05) is 19.7 Å². The van der Waals surface area contributed by atoms with Crippen LogP contribution in [0.2, 0.25) is 0 Å². The predicted octanol–water partition coefficient (Wildman–Crippen LogP) is 1.18. The molecule has 0 aromatic carbocycles. The third kappa shape index (κ3) is 2.36. The predicted molar refractivity (Wildman–Crippen MR) is 65.9 cm³/mol. The Labute approximate surface area is 102 Å². The number of nitrogens with zero attached hydrogens (tertiary/aromatic N) is 2. The first-order valence-electron chi connectivity index (χ1n) is 6.16. The summed E-state index contributed by atoms with van der Waals surface area (Å²) in [6, 6.07) is 3.85. The van der Waals surface area contributed by atoms with Crippen LogP contribution < -0.4 is 0 Å². The lowest BCUT2D eigenvalue weighted by molar-refractivity contribution is 0.0775. The maximum atomic E-state index is 12.3. The molecule has 4 heteroatoms. The maximum Gasteiger partial charge on any atom is 0.270 e. The minimum Gasteiger partial charge on any atom is -0.396 e. The zero-order valence-electron chi connectivity index (χ0n) is 10.5. The van der Waals surface area contributed by atoms with Gasteiger partial charge in [0, 0.05) is 32.4 Å². The normalized spacial score (nSPS) is 19.9. The first-order chi connectivity index (χ1) is 8.13. The number of aromatic nitrogens is 1. The molecule has 17 heavy (non-hydrogen) atoms. The zero-order chi connectivity index (χ0) is 12.4. The third-order valence-corrected chi connectivity index (χ3v) is 3.70. The molecule has 1 fully saturated rings. The smallest absolute Gasteiger partial charge is 0.270 e.